The Hall–Kier alpha value is -1.45. The van der Waals surface area contributed by atoms with Crippen molar-refractivity contribution in [2.75, 3.05) is 11.3 Å². The van der Waals surface area contributed by atoms with Crippen molar-refractivity contribution < 1.29 is 8.42 Å². The summed E-state index contributed by atoms with van der Waals surface area (Å²) in [4.78, 5) is 4.94. The average molecular weight is 315 g/mol. The third kappa shape index (κ3) is 3.17. The molecule has 9 heteroatoms. The summed E-state index contributed by atoms with van der Waals surface area (Å²) in [5, 5.41) is 10.1. The van der Waals surface area contributed by atoms with E-state index in [1.165, 1.54) is 11.3 Å². The van der Waals surface area contributed by atoms with Gasteiger partial charge >= 0.3 is 0 Å². The molecule has 0 saturated carbocycles. The lowest BCUT2D eigenvalue weighted by Crippen LogP contribution is -2.19. The molecule has 0 spiro atoms. The van der Waals surface area contributed by atoms with Crippen LogP contribution in [0.4, 0.5) is 5.13 Å². The van der Waals surface area contributed by atoms with E-state index in [0.717, 1.165) is 17.1 Å². The molecule has 20 heavy (non-hydrogen) atoms. The van der Waals surface area contributed by atoms with Crippen molar-refractivity contribution in [3.05, 3.63) is 22.3 Å². The Kier molecular flexibility index (Phi) is 4.41. The number of sulfonamides is 1. The topological polar surface area (TPSA) is 99.8 Å². The lowest BCUT2D eigenvalue weighted by atomic mass is 10.2. The van der Waals surface area contributed by atoms with E-state index in [1.54, 1.807) is 13.1 Å². The van der Waals surface area contributed by atoms with E-state index in [4.69, 9.17) is 0 Å². The summed E-state index contributed by atoms with van der Waals surface area (Å²) in [5.41, 5.74) is 1.38. The van der Waals surface area contributed by atoms with Crippen LogP contribution in [-0.2, 0) is 16.6 Å². The molecule has 0 atom stereocenters. The van der Waals surface area contributed by atoms with Gasteiger partial charge in [0.1, 0.15) is 0 Å². The number of nitrogens with one attached hydrogen (secondary N) is 3. The average Bonchev–Trinajstić information content (AvgIpc) is 2.93. The van der Waals surface area contributed by atoms with Crippen LogP contribution in [0.1, 0.15) is 23.1 Å². The van der Waals surface area contributed by atoms with Crippen molar-refractivity contribution in [3.63, 3.8) is 0 Å². The zero-order chi connectivity index (χ0) is 14.8. The Bertz CT molecular complexity index is 689. The minimum Gasteiger partial charge on any atom is -0.313 e. The Labute approximate surface area is 121 Å². The second kappa shape index (κ2) is 5.90. The van der Waals surface area contributed by atoms with Crippen LogP contribution in [0.2, 0.25) is 0 Å². The van der Waals surface area contributed by atoms with Gasteiger partial charge in [0.2, 0.25) is 5.03 Å². The summed E-state index contributed by atoms with van der Waals surface area (Å²) in [6, 6.07) is 0. The van der Waals surface area contributed by atoms with Gasteiger partial charge < -0.3 is 5.32 Å². The van der Waals surface area contributed by atoms with Crippen LogP contribution in [0.5, 0.6) is 0 Å². The molecule has 0 aromatic carbocycles. The SMILES string of the molecule is CCNCc1c(S(=O)(=O)Nc2ncc(C)s2)n[nH]c1C. The lowest BCUT2D eigenvalue weighted by molar-refractivity contribution is 0.594. The van der Waals surface area contributed by atoms with E-state index in [0.29, 0.717) is 17.2 Å². The van der Waals surface area contributed by atoms with Gasteiger partial charge in [0.05, 0.1) is 0 Å². The summed E-state index contributed by atoms with van der Waals surface area (Å²) in [6.45, 7) is 6.83. The van der Waals surface area contributed by atoms with Crippen molar-refractivity contribution in [2.45, 2.75) is 32.3 Å². The molecule has 0 saturated heterocycles. The van der Waals surface area contributed by atoms with E-state index < -0.39 is 10.0 Å². The highest BCUT2D eigenvalue weighted by atomic mass is 32.2. The van der Waals surface area contributed by atoms with Gasteiger partial charge in [-0.1, -0.05) is 6.92 Å². The van der Waals surface area contributed by atoms with Crippen LogP contribution in [0, 0.1) is 13.8 Å². The molecule has 0 fully saturated rings. The maximum atomic E-state index is 12.4. The second-order valence-corrected chi connectivity index (χ2v) is 7.13. The van der Waals surface area contributed by atoms with E-state index in [9.17, 15) is 8.42 Å². The van der Waals surface area contributed by atoms with Crippen LogP contribution < -0.4 is 10.0 Å². The molecule has 0 aliphatic carbocycles. The molecule has 2 aromatic heterocycles. The van der Waals surface area contributed by atoms with Gasteiger partial charge in [-0.05, 0) is 20.4 Å². The maximum absolute atomic E-state index is 12.4. The molecule has 2 heterocycles. The van der Waals surface area contributed by atoms with E-state index in [-0.39, 0.29) is 5.03 Å². The number of nitrogens with zero attached hydrogens (tertiary/aromatic N) is 2. The number of aromatic nitrogens is 3. The van der Waals surface area contributed by atoms with Gasteiger partial charge in [0, 0.05) is 28.9 Å². The van der Waals surface area contributed by atoms with E-state index >= 15 is 0 Å². The standard InChI is InChI=1S/C11H17N5O2S2/c1-4-12-6-9-8(3)14-15-10(9)20(17,18)16-11-13-5-7(2)19-11/h5,12H,4,6H2,1-3H3,(H,13,16)(H,14,15). The molecule has 2 aromatic rings. The molecule has 0 aliphatic heterocycles. The van der Waals surface area contributed by atoms with Crippen molar-refractivity contribution in [2.24, 2.45) is 0 Å². The van der Waals surface area contributed by atoms with Crippen LogP contribution in [0.3, 0.4) is 0 Å². The van der Waals surface area contributed by atoms with Crippen molar-refractivity contribution >= 4 is 26.5 Å². The third-order valence-electron chi connectivity index (χ3n) is 2.69. The van der Waals surface area contributed by atoms with Crippen molar-refractivity contribution in [1.82, 2.24) is 20.5 Å². The van der Waals surface area contributed by atoms with Crippen LogP contribution in [0.15, 0.2) is 11.2 Å². The van der Waals surface area contributed by atoms with E-state index in [2.05, 4.69) is 25.2 Å². The van der Waals surface area contributed by atoms with Crippen LogP contribution in [0.25, 0.3) is 0 Å². The first-order valence-electron chi connectivity index (χ1n) is 6.14. The predicted molar refractivity (Wildman–Crippen MR) is 78.4 cm³/mol. The monoisotopic (exact) mass is 315 g/mol. The largest absolute Gasteiger partial charge is 0.313 e. The summed E-state index contributed by atoms with van der Waals surface area (Å²) >= 11 is 1.28. The first kappa shape index (κ1) is 14.9. The number of hydrogen-bond donors (Lipinski definition) is 3. The first-order chi connectivity index (χ1) is 9.44. The molecular weight excluding hydrogens is 298 g/mol. The highest BCUT2D eigenvalue weighted by Gasteiger charge is 2.24. The minimum absolute atomic E-state index is 0.0174. The molecule has 0 aliphatic rings. The molecule has 110 valence electrons. The van der Waals surface area contributed by atoms with Gasteiger partial charge in [-0.3, -0.25) is 9.82 Å². The zero-order valence-electron chi connectivity index (χ0n) is 11.5. The second-order valence-electron chi connectivity index (χ2n) is 4.29. The van der Waals surface area contributed by atoms with Crippen molar-refractivity contribution in [1.29, 1.82) is 0 Å². The smallest absolute Gasteiger partial charge is 0.283 e. The summed E-state index contributed by atoms with van der Waals surface area (Å²) in [7, 11) is -3.72. The fourth-order valence-corrected chi connectivity index (χ4v) is 3.78. The fourth-order valence-electron chi connectivity index (χ4n) is 1.68. The van der Waals surface area contributed by atoms with Crippen LogP contribution >= 0.6 is 11.3 Å². The third-order valence-corrected chi connectivity index (χ3v) is 4.95. The highest BCUT2D eigenvalue weighted by molar-refractivity contribution is 7.92. The number of aryl methyl sites for hydroxylation is 2. The normalized spacial score (nSPS) is 11.8. The summed E-state index contributed by atoms with van der Waals surface area (Å²) < 4.78 is 27.2. The molecule has 0 bridgehead atoms. The molecule has 0 radical (unpaired) electrons. The molecule has 0 unspecified atom stereocenters. The Morgan fingerprint density at radius 1 is 1.40 bits per heavy atom. The minimum atomic E-state index is -3.72. The van der Waals surface area contributed by atoms with Gasteiger partial charge in [-0.15, -0.1) is 11.3 Å². The van der Waals surface area contributed by atoms with Gasteiger partial charge in [-0.25, -0.2) is 4.98 Å². The number of H-pyrrole nitrogens is 1. The quantitative estimate of drug-likeness (QED) is 0.748. The predicted octanol–water partition coefficient (Wildman–Crippen LogP) is 1.39. The number of hydrogen-bond acceptors (Lipinski definition) is 6. The number of rotatable bonds is 6. The summed E-state index contributed by atoms with van der Waals surface area (Å²) in [5.74, 6) is 0. The lowest BCUT2D eigenvalue weighted by Gasteiger charge is -2.06. The fraction of sp³-hybridized carbons (Fsp3) is 0.455. The van der Waals surface area contributed by atoms with Crippen LogP contribution in [-0.4, -0.2) is 30.1 Å². The molecule has 2 rings (SSSR count). The Morgan fingerprint density at radius 2 is 2.15 bits per heavy atom. The Morgan fingerprint density at radius 3 is 2.75 bits per heavy atom. The maximum Gasteiger partial charge on any atom is 0.283 e. The molecular formula is C11H17N5O2S2. The Balaban J connectivity index is 2.29. The summed E-state index contributed by atoms with van der Waals surface area (Å²) in [6.07, 6.45) is 1.62. The number of thiazole rings is 1. The first-order valence-corrected chi connectivity index (χ1v) is 8.43. The molecule has 0 amide bonds. The number of aromatic amines is 1. The molecule has 7 nitrogen and oxygen atoms in total. The highest BCUT2D eigenvalue weighted by Crippen LogP contribution is 2.22. The van der Waals surface area contributed by atoms with Crippen molar-refractivity contribution in [3.8, 4) is 0 Å². The van der Waals surface area contributed by atoms with Gasteiger partial charge in [0.25, 0.3) is 10.0 Å². The molecule has 3 N–H and O–H groups in total. The van der Waals surface area contributed by atoms with E-state index in [1.807, 2.05) is 13.8 Å². The van der Waals surface area contributed by atoms with Gasteiger partial charge in [-0.2, -0.15) is 13.5 Å². The van der Waals surface area contributed by atoms with Gasteiger partial charge in [0.15, 0.2) is 5.13 Å². The zero-order valence-corrected chi connectivity index (χ0v) is 13.2. The number of anilines is 1.